The molecule has 0 aliphatic rings. The number of esters is 1. The van der Waals surface area contributed by atoms with Crippen LogP contribution < -0.4 is 5.32 Å². The highest BCUT2D eigenvalue weighted by atomic mass is 16.5. The fourth-order valence-corrected chi connectivity index (χ4v) is 2.64. The molecule has 6 heteroatoms. The van der Waals surface area contributed by atoms with Crippen LogP contribution >= 0.6 is 0 Å². The molecule has 0 saturated heterocycles. The van der Waals surface area contributed by atoms with Gasteiger partial charge in [0.1, 0.15) is 12.5 Å². The van der Waals surface area contributed by atoms with Gasteiger partial charge in [0.05, 0.1) is 13.2 Å². The average Bonchev–Trinajstić information content (AvgIpc) is 2.67. The summed E-state index contributed by atoms with van der Waals surface area (Å²) in [7, 11) is 1.24. The van der Waals surface area contributed by atoms with Gasteiger partial charge in [-0.15, -0.1) is 0 Å². The SMILES string of the molecule is COC(=O)C(C(C)NC(=O)OCc1ccccc1)C(O)c1ccccc1. The molecule has 2 aromatic rings. The molecule has 0 saturated carbocycles. The molecule has 0 aliphatic heterocycles. The monoisotopic (exact) mass is 357 g/mol. The van der Waals surface area contributed by atoms with Crippen molar-refractivity contribution in [3.63, 3.8) is 0 Å². The van der Waals surface area contributed by atoms with E-state index in [0.29, 0.717) is 5.56 Å². The molecule has 6 nitrogen and oxygen atoms in total. The van der Waals surface area contributed by atoms with Crippen molar-refractivity contribution < 1.29 is 24.2 Å². The minimum absolute atomic E-state index is 0.115. The largest absolute Gasteiger partial charge is 0.469 e. The number of methoxy groups -OCH3 is 1. The van der Waals surface area contributed by atoms with Crippen LogP contribution in [-0.2, 0) is 20.9 Å². The van der Waals surface area contributed by atoms with Crippen LogP contribution in [0.2, 0.25) is 0 Å². The first-order valence-electron chi connectivity index (χ1n) is 8.31. The van der Waals surface area contributed by atoms with Crippen LogP contribution in [0.15, 0.2) is 60.7 Å². The molecule has 0 aliphatic carbocycles. The van der Waals surface area contributed by atoms with Gasteiger partial charge in [-0.05, 0) is 18.1 Å². The summed E-state index contributed by atoms with van der Waals surface area (Å²) < 4.78 is 9.96. The highest BCUT2D eigenvalue weighted by Crippen LogP contribution is 2.26. The van der Waals surface area contributed by atoms with Gasteiger partial charge in [-0.2, -0.15) is 0 Å². The second-order valence-electron chi connectivity index (χ2n) is 5.90. The number of alkyl carbamates (subject to hydrolysis) is 1. The number of rotatable bonds is 7. The second kappa shape index (κ2) is 9.58. The van der Waals surface area contributed by atoms with Crippen molar-refractivity contribution in [3.8, 4) is 0 Å². The molecule has 2 N–H and O–H groups in total. The zero-order valence-corrected chi connectivity index (χ0v) is 14.8. The molecule has 1 amide bonds. The number of ether oxygens (including phenoxy) is 2. The Kier molecular flexibility index (Phi) is 7.17. The third-order valence-electron chi connectivity index (χ3n) is 4.05. The fraction of sp³-hybridized carbons (Fsp3) is 0.300. The van der Waals surface area contributed by atoms with Crippen molar-refractivity contribution in [2.45, 2.75) is 25.7 Å². The van der Waals surface area contributed by atoms with E-state index in [1.165, 1.54) is 7.11 Å². The Balaban J connectivity index is 2.00. The normalized spacial score (nSPS) is 14.0. The fourth-order valence-electron chi connectivity index (χ4n) is 2.64. The molecule has 0 spiro atoms. The van der Waals surface area contributed by atoms with E-state index in [2.05, 4.69) is 5.32 Å². The molecule has 26 heavy (non-hydrogen) atoms. The molecule has 3 atom stereocenters. The van der Waals surface area contributed by atoms with Crippen molar-refractivity contribution in [2.24, 2.45) is 5.92 Å². The van der Waals surface area contributed by atoms with E-state index in [1.807, 2.05) is 36.4 Å². The van der Waals surface area contributed by atoms with Crippen LogP contribution in [0.4, 0.5) is 4.79 Å². The lowest BCUT2D eigenvalue weighted by Gasteiger charge is -2.27. The van der Waals surface area contributed by atoms with Crippen LogP contribution in [-0.4, -0.2) is 30.3 Å². The summed E-state index contributed by atoms with van der Waals surface area (Å²) in [6, 6.07) is 17.3. The van der Waals surface area contributed by atoms with Crippen LogP contribution in [0.1, 0.15) is 24.2 Å². The predicted octanol–water partition coefficient (Wildman–Crippen LogP) is 2.82. The van der Waals surface area contributed by atoms with Gasteiger partial charge in [-0.1, -0.05) is 60.7 Å². The zero-order valence-electron chi connectivity index (χ0n) is 14.8. The Morgan fingerprint density at radius 3 is 2.19 bits per heavy atom. The molecule has 0 fully saturated rings. The zero-order chi connectivity index (χ0) is 18.9. The van der Waals surface area contributed by atoms with Gasteiger partial charge in [0, 0.05) is 6.04 Å². The Morgan fingerprint density at radius 1 is 1.04 bits per heavy atom. The summed E-state index contributed by atoms with van der Waals surface area (Å²) >= 11 is 0. The van der Waals surface area contributed by atoms with Gasteiger partial charge in [0.25, 0.3) is 0 Å². The van der Waals surface area contributed by atoms with E-state index in [4.69, 9.17) is 9.47 Å². The van der Waals surface area contributed by atoms with E-state index in [-0.39, 0.29) is 6.61 Å². The quantitative estimate of drug-likeness (QED) is 0.745. The van der Waals surface area contributed by atoms with Crippen molar-refractivity contribution in [2.75, 3.05) is 7.11 Å². The molecular weight excluding hydrogens is 334 g/mol. The van der Waals surface area contributed by atoms with Crippen LogP contribution in [0.5, 0.6) is 0 Å². The third-order valence-corrected chi connectivity index (χ3v) is 4.05. The van der Waals surface area contributed by atoms with Gasteiger partial charge >= 0.3 is 12.1 Å². The summed E-state index contributed by atoms with van der Waals surface area (Å²) in [5.74, 6) is -1.58. The highest BCUT2D eigenvalue weighted by molar-refractivity contribution is 5.76. The molecular formula is C20H23NO5. The third kappa shape index (κ3) is 5.32. The van der Waals surface area contributed by atoms with Gasteiger partial charge < -0.3 is 19.9 Å². The Morgan fingerprint density at radius 2 is 1.62 bits per heavy atom. The first kappa shape index (κ1) is 19.5. The van der Waals surface area contributed by atoms with Gasteiger partial charge in [0.2, 0.25) is 0 Å². The van der Waals surface area contributed by atoms with E-state index in [9.17, 15) is 14.7 Å². The maximum atomic E-state index is 12.2. The topological polar surface area (TPSA) is 84.9 Å². The summed E-state index contributed by atoms with van der Waals surface area (Å²) in [6.07, 6.45) is -1.79. The van der Waals surface area contributed by atoms with Gasteiger partial charge in [0.15, 0.2) is 0 Å². The first-order valence-corrected chi connectivity index (χ1v) is 8.31. The Bertz CT molecular complexity index is 705. The number of aliphatic hydroxyl groups is 1. The lowest BCUT2D eigenvalue weighted by Crippen LogP contribution is -2.44. The summed E-state index contributed by atoms with van der Waals surface area (Å²) in [4.78, 5) is 24.2. The predicted molar refractivity (Wildman–Crippen MR) is 96.1 cm³/mol. The number of hydrogen-bond donors (Lipinski definition) is 2. The molecule has 2 aromatic carbocycles. The lowest BCUT2D eigenvalue weighted by atomic mass is 9.90. The molecule has 3 unspecified atom stereocenters. The molecule has 0 aromatic heterocycles. The molecule has 0 bridgehead atoms. The maximum absolute atomic E-state index is 12.2. The maximum Gasteiger partial charge on any atom is 0.407 e. The Hall–Kier alpha value is -2.86. The number of carbonyl (C=O) groups excluding carboxylic acids is 2. The average molecular weight is 357 g/mol. The van der Waals surface area contributed by atoms with Crippen LogP contribution in [0, 0.1) is 5.92 Å². The Labute approximate surface area is 152 Å². The number of amides is 1. The van der Waals surface area contributed by atoms with Gasteiger partial charge in [-0.3, -0.25) is 4.79 Å². The minimum atomic E-state index is -1.12. The van der Waals surface area contributed by atoms with Gasteiger partial charge in [-0.25, -0.2) is 4.79 Å². The van der Waals surface area contributed by atoms with Crippen molar-refractivity contribution >= 4 is 12.1 Å². The number of aliphatic hydroxyl groups excluding tert-OH is 1. The minimum Gasteiger partial charge on any atom is -0.469 e. The van der Waals surface area contributed by atoms with Crippen molar-refractivity contribution in [3.05, 3.63) is 71.8 Å². The van der Waals surface area contributed by atoms with E-state index < -0.39 is 30.1 Å². The number of nitrogens with one attached hydrogen (secondary N) is 1. The number of hydrogen-bond acceptors (Lipinski definition) is 5. The number of benzene rings is 2. The van der Waals surface area contributed by atoms with E-state index >= 15 is 0 Å². The first-order chi connectivity index (χ1) is 12.5. The molecule has 2 rings (SSSR count). The lowest BCUT2D eigenvalue weighted by molar-refractivity contribution is -0.150. The molecule has 0 radical (unpaired) electrons. The summed E-state index contributed by atoms with van der Waals surface area (Å²) in [5, 5.41) is 13.2. The van der Waals surface area contributed by atoms with Crippen LogP contribution in [0.25, 0.3) is 0 Å². The number of carbonyl (C=O) groups is 2. The highest BCUT2D eigenvalue weighted by Gasteiger charge is 2.35. The molecule has 0 heterocycles. The van der Waals surface area contributed by atoms with E-state index in [1.54, 1.807) is 31.2 Å². The summed E-state index contributed by atoms with van der Waals surface area (Å²) in [5.41, 5.74) is 1.42. The van der Waals surface area contributed by atoms with Crippen molar-refractivity contribution in [1.82, 2.24) is 5.32 Å². The standard InChI is InChI=1S/C20H23NO5/c1-14(21-20(24)26-13-15-9-5-3-6-10-15)17(19(23)25-2)18(22)16-11-7-4-8-12-16/h3-12,14,17-18,22H,13H2,1-2H3,(H,21,24). The summed E-state index contributed by atoms with van der Waals surface area (Å²) in [6.45, 7) is 1.74. The second-order valence-corrected chi connectivity index (χ2v) is 5.90. The smallest absolute Gasteiger partial charge is 0.407 e. The molecule has 138 valence electrons. The van der Waals surface area contributed by atoms with Crippen LogP contribution in [0.3, 0.4) is 0 Å². The van der Waals surface area contributed by atoms with Crippen molar-refractivity contribution in [1.29, 1.82) is 0 Å². The van der Waals surface area contributed by atoms with E-state index in [0.717, 1.165) is 5.56 Å².